The lowest BCUT2D eigenvalue weighted by atomic mass is 9.89. The molecule has 0 radical (unpaired) electrons. The summed E-state index contributed by atoms with van der Waals surface area (Å²) in [5.74, 6) is 0.882. The molecule has 194 valence electrons. The van der Waals surface area contributed by atoms with Crippen molar-refractivity contribution in [1.82, 2.24) is 19.6 Å². The minimum absolute atomic E-state index is 0.0545. The molecule has 1 amide bonds. The first kappa shape index (κ1) is 24.4. The summed E-state index contributed by atoms with van der Waals surface area (Å²) in [6.07, 6.45) is 2.65. The Morgan fingerprint density at radius 2 is 1.39 bits per heavy atom. The van der Waals surface area contributed by atoms with Gasteiger partial charge in [0.1, 0.15) is 11.4 Å². The molecule has 6 rings (SSSR count). The van der Waals surface area contributed by atoms with Crippen LogP contribution in [0.25, 0.3) is 0 Å². The molecule has 1 unspecified atom stereocenters. The van der Waals surface area contributed by atoms with Crippen molar-refractivity contribution in [2.24, 2.45) is 0 Å². The van der Waals surface area contributed by atoms with E-state index >= 15 is 0 Å². The molecule has 1 saturated heterocycles. The molecule has 1 fully saturated rings. The molecule has 6 heteroatoms. The fraction of sp³-hybridized carbons (Fsp3) is 0.312. The molecule has 4 aromatic rings. The van der Waals surface area contributed by atoms with Crippen LogP contribution < -0.4 is 5.32 Å². The summed E-state index contributed by atoms with van der Waals surface area (Å²) >= 11 is 0. The van der Waals surface area contributed by atoms with Gasteiger partial charge < -0.3 is 10.2 Å². The van der Waals surface area contributed by atoms with E-state index in [1.54, 1.807) is 6.20 Å². The van der Waals surface area contributed by atoms with Gasteiger partial charge in [-0.25, -0.2) is 4.68 Å². The first-order valence-electron chi connectivity index (χ1n) is 13.5. The molecule has 3 aromatic carbocycles. The zero-order valence-electron chi connectivity index (χ0n) is 22.1. The molecule has 1 aromatic heterocycles. The molecule has 1 atom stereocenters. The van der Waals surface area contributed by atoms with Gasteiger partial charge in [0, 0.05) is 26.2 Å². The maximum Gasteiger partial charge on any atom is 0.259 e. The van der Waals surface area contributed by atoms with E-state index in [4.69, 9.17) is 0 Å². The Morgan fingerprint density at radius 1 is 0.842 bits per heavy atom. The van der Waals surface area contributed by atoms with E-state index in [0.717, 1.165) is 25.3 Å². The Hall–Kier alpha value is -3.90. The van der Waals surface area contributed by atoms with Gasteiger partial charge in [0.2, 0.25) is 0 Å². The van der Waals surface area contributed by atoms with Gasteiger partial charge in [0.25, 0.3) is 5.91 Å². The Bertz CT molecular complexity index is 1340. The van der Waals surface area contributed by atoms with Gasteiger partial charge >= 0.3 is 0 Å². The number of piperazine rings is 1. The van der Waals surface area contributed by atoms with Crippen LogP contribution in [0.5, 0.6) is 0 Å². The van der Waals surface area contributed by atoms with Gasteiger partial charge in [-0.15, -0.1) is 0 Å². The van der Waals surface area contributed by atoms with Gasteiger partial charge in [-0.2, -0.15) is 5.10 Å². The molecule has 0 aliphatic carbocycles. The number of anilines is 1. The van der Waals surface area contributed by atoms with Crippen LogP contribution in [0.1, 0.15) is 59.4 Å². The smallest absolute Gasteiger partial charge is 0.259 e. The Kier molecular flexibility index (Phi) is 6.50. The van der Waals surface area contributed by atoms with Crippen molar-refractivity contribution in [3.63, 3.8) is 0 Å². The molecule has 3 heterocycles. The average Bonchev–Trinajstić information content (AvgIpc) is 3.40. The van der Waals surface area contributed by atoms with Crippen LogP contribution in [-0.2, 0) is 5.54 Å². The van der Waals surface area contributed by atoms with Crippen LogP contribution in [0.4, 0.5) is 5.82 Å². The van der Waals surface area contributed by atoms with E-state index in [0.29, 0.717) is 18.7 Å². The SMILES string of the molecule is CC1(C)CC(c2ccccc2)Nc2c(C(=O)N3CCN(C(c4ccccc4)c4ccccc4)CC3)cnn21. The molecule has 6 nitrogen and oxygen atoms in total. The highest BCUT2D eigenvalue weighted by Crippen LogP contribution is 2.40. The molecule has 0 saturated carbocycles. The van der Waals surface area contributed by atoms with E-state index in [9.17, 15) is 4.79 Å². The number of nitrogens with one attached hydrogen (secondary N) is 1. The quantitative estimate of drug-likeness (QED) is 0.377. The van der Waals surface area contributed by atoms with Gasteiger partial charge in [-0.1, -0.05) is 91.0 Å². The first-order valence-corrected chi connectivity index (χ1v) is 13.5. The third-order valence-corrected chi connectivity index (χ3v) is 7.99. The number of carbonyl (C=O) groups excluding carboxylic acids is 1. The summed E-state index contributed by atoms with van der Waals surface area (Å²) in [5.41, 5.74) is 4.25. The second kappa shape index (κ2) is 10.1. The molecule has 0 spiro atoms. The lowest BCUT2D eigenvalue weighted by Crippen LogP contribution is -2.50. The standard InChI is InChI=1S/C32H35N5O/c1-32(2)22-28(24-12-6-3-7-13-24)34-30-27(23-33-37(30)32)31(38)36-20-18-35(19-21-36)29(25-14-8-4-9-15-25)26-16-10-5-11-17-26/h3-17,23,28-29,34H,18-22H2,1-2H3. The van der Waals surface area contributed by atoms with Crippen LogP contribution in [-0.4, -0.2) is 51.7 Å². The molecule has 2 aliphatic heterocycles. The number of amides is 1. The number of nitrogens with zero attached hydrogens (tertiary/aromatic N) is 4. The Morgan fingerprint density at radius 3 is 1.97 bits per heavy atom. The zero-order chi connectivity index (χ0) is 26.1. The number of hydrogen-bond donors (Lipinski definition) is 1. The molecule has 2 aliphatic rings. The maximum atomic E-state index is 13.8. The highest BCUT2D eigenvalue weighted by molar-refractivity contribution is 5.99. The fourth-order valence-corrected chi connectivity index (χ4v) is 6.03. The van der Waals surface area contributed by atoms with Gasteiger partial charge in [-0.3, -0.25) is 9.69 Å². The van der Waals surface area contributed by atoms with Crippen molar-refractivity contribution in [2.45, 2.75) is 37.9 Å². The van der Waals surface area contributed by atoms with Gasteiger partial charge in [-0.05, 0) is 37.0 Å². The van der Waals surface area contributed by atoms with Crippen LogP contribution in [0.15, 0.2) is 97.2 Å². The second-order valence-electron chi connectivity index (χ2n) is 11.0. The summed E-state index contributed by atoms with van der Waals surface area (Å²) in [7, 11) is 0. The lowest BCUT2D eigenvalue weighted by molar-refractivity contribution is 0.0598. The first-order chi connectivity index (χ1) is 18.5. The van der Waals surface area contributed by atoms with E-state index in [2.05, 4.69) is 114 Å². The maximum absolute atomic E-state index is 13.8. The summed E-state index contributed by atoms with van der Waals surface area (Å²) in [4.78, 5) is 18.3. The third-order valence-electron chi connectivity index (χ3n) is 7.99. The van der Waals surface area contributed by atoms with E-state index < -0.39 is 0 Å². The summed E-state index contributed by atoms with van der Waals surface area (Å²) in [5, 5.41) is 8.32. The van der Waals surface area contributed by atoms with Crippen LogP contribution in [0, 0.1) is 0 Å². The number of hydrogen-bond acceptors (Lipinski definition) is 4. The predicted molar refractivity (Wildman–Crippen MR) is 151 cm³/mol. The topological polar surface area (TPSA) is 53.4 Å². The highest BCUT2D eigenvalue weighted by Gasteiger charge is 2.38. The van der Waals surface area contributed by atoms with E-state index in [1.807, 2.05) is 15.6 Å². The summed E-state index contributed by atoms with van der Waals surface area (Å²) < 4.78 is 2.00. The Labute approximate surface area is 224 Å². The largest absolute Gasteiger partial charge is 0.363 e. The van der Waals surface area contributed by atoms with Crippen molar-refractivity contribution in [2.75, 3.05) is 31.5 Å². The summed E-state index contributed by atoms with van der Waals surface area (Å²) in [6, 6.07) is 32.1. The number of carbonyl (C=O) groups is 1. The molecule has 38 heavy (non-hydrogen) atoms. The van der Waals surface area contributed by atoms with Crippen molar-refractivity contribution in [3.8, 4) is 0 Å². The van der Waals surface area contributed by atoms with Crippen molar-refractivity contribution >= 4 is 11.7 Å². The number of aromatic nitrogens is 2. The lowest BCUT2D eigenvalue weighted by Gasteiger charge is -2.40. The van der Waals surface area contributed by atoms with E-state index in [-0.39, 0.29) is 23.5 Å². The van der Waals surface area contributed by atoms with Crippen LogP contribution in [0.2, 0.25) is 0 Å². The monoisotopic (exact) mass is 505 g/mol. The number of fused-ring (bicyclic) bond motifs is 1. The summed E-state index contributed by atoms with van der Waals surface area (Å²) in [6.45, 7) is 7.39. The fourth-order valence-electron chi connectivity index (χ4n) is 6.03. The molecular formula is C32H35N5O. The van der Waals surface area contributed by atoms with Gasteiger partial charge in [0.15, 0.2) is 0 Å². The van der Waals surface area contributed by atoms with Crippen LogP contribution >= 0.6 is 0 Å². The molecule has 0 bridgehead atoms. The predicted octanol–water partition coefficient (Wildman–Crippen LogP) is 5.72. The average molecular weight is 506 g/mol. The van der Waals surface area contributed by atoms with E-state index in [1.165, 1.54) is 16.7 Å². The van der Waals surface area contributed by atoms with Crippen molar-refractivity contribution in [3.05, 3.63) is 119 Å². The number of rotatable bonds is 5. The zero-order valence-corrected chi connectivity index (χ0v) is 22.1. The van der Waals surface area contributed by atoms with Crippen molar-refractivity contribution in [1.29, 1.82) is 0 Å². The Balaban J connectivity index is 1.21. The van der Waals surface area contributed by atoms with Crippen LogP contribution in [0.3, 0.4) is 0 Å². The molecule has 1 N–H and O–H groups in total. The minimum atomic E-state index is -0.198. The molecular weight excluding hydrogens is 470 g/mol. The third kappa shape index (κ3) is 4.61. The van der Waals surface area contributed by atoms with Crippen molar-refractivity contribution < 1.29 is 4.79 Å². The normalized spacial score (nSPS) is 19.1. The number of benzene rings is 3. The van der Waals surface area contributed by atoms with Gasteiger partial charge in [0.05, 0.1) is 23.8 Å². The minimum Gasteiger partial charge on any atom is -0.363 e. The second-order valence-corrected chi connectivity index (χ2v) is 11.0. The highest BCUT2D eigenvalue weighted by atomic mass is 16.2.